The molecule has 0 saturated heterocycles. The summed E-state index contributed by atoms with van der Waals surface area (Å²) in [6.45, 7) is 1.57. The fourth-order valence-electron chi connectivity index (χ4n) is 3.02. The number of halogens is 1. The molecule has 1 heterocycles. The molecule has 1 amide bonds. The summed E-state index contributed by atoms with van der Waals surface area (Å²) in [7, 11) is 5.21. The van der Waals surface area contributed by atoms with Crippen molar-refractivity contribution in [3.63, 3.8) is 0 Å². The number of guanidine groups is 1. The van der Waals surface area contributed by atoms with Crippen LogP contribution in [0, 0.1) is 0 Å². The van der Waals surface area contributed by atoms with Gasteiger partial charge in [0.2, 0.25) is 5.88 Å². The molecule has 2 N–H and O–H groups in total. The van der Waals surface area contributed by atoms with Crippen molar-refractivity contribution in [1.82, 2.24) is 20.5 Å². The fraction of sp³-hybridized carbons (Fsp3) is 0.240. The molecular weight excluding hydrogens is 529 g/mol. The van der Waals surface area contributed by atoms with Gasteiger partial charge in [0.15, 0.2) is 5.96 Å². The van der Waals surface area contributed by atoms with Gasteiger partial charge in [0.05, 0.1) is 0 Å². The number of pyridine rings is 1. The van der Waals surface area contributed by atoms with Gasteiger partial charge in [-0.15, -0.1) is 24.0 Å². The highest BCUT2D eigenvalue weighted by Crippen LogP contribution is 2.16. The van der Waals surface area contributed by atoms with Crippen molar-refractivity contribution in [3.8, 4) is 5.88 Å². The van der Waals surface area contributed by atoms with Crippen molar-refractivity contribution < 1.29 is 9.53 Å². The van der Waals surface area contributed by atoms with E-state index in [-0.39, 0.29) is 29.9 Å². The molecule has 0 aliphatic heterocycles. The summed E-state index contributed by atoms with van der Waals surface area (Å²) >= 11 is 0. The lowest BCUT2D eigenvalue weighted by atomic mass is 10.1. The topological polar surface area (TPSA) is 78.9 Å². The van der Waals surface area contributed by atoms with Crippen LogP contribution >= 0.6 is 24.0 Å². The van der Waals surface area contributed by atoms with Gasteiger partial charge < -0.3 is 20.3 Å². The SMILES string of the molecule is CN=C(NCc1ccc(C(=O)N(C)C)cc1)NCc1cccnc1OCc1ccccc1.I. The maximum Gasteiger partial charge on any atom is 0.253 e. The number of carbonyl (C=O) groups is 1. The smallest absolute Gasteiger partial charge is 0.253 e. The summed E-state index contributed by atoms with van der Waals surface area (Å²) in [5.74, 6) is 1.25. The largest absolute Gasteiger partial charge is 0.473 e. The van der Waals surface area contributed by atoms with Gasteiger partial charge in [-0.2, -0.15) is 0 Å². The third-order valence-electron chi connectivity index (χ3n) is 4.81. The second-order valence-corrected chi connectivity index (χ2v) is 7.42. The molecule has 3 rings (SSSR count). The van der Waals surface area contributed by atoms with Crippen LogP contribution in [0.2, 0.25) is 0 Å². The third-order valence-corrected chi connectivity index (χ3v) is 4.81. The number of amides is 1. The molecule has 8 heteroatoms. The number of nitrogens with zero attached hydrogens (tertiary/aromatic N) is 3. The van der Waals surface area contributed by atoms with E-state index in [9.17, 15) is 4.79 Å². The lowest BCUT2D eigenvalue weighted by Crippen LogP contribution is -2.36. The van der Waals surface area contributed by atoms with Crippen LogP contribution in [-0.4, -0.2) is 42.9 Å². The number of ether oxygens (including phenoxy) is 1. The van der Waals surface area contributed by atoms with Crippen LogP contribution in [0.1, 0.15) is 27.0 Å². The zero-order valence-electron chi connectivity index (χ0n) is 19.1. The van der Waals surface area contributed by atoms with Crippen LogP contribution in [0.3, 0.4) is 0 Å². The quantitative estimate of drug-likeness (QED) is 0.249. The van der Waals surface area contributed by atoms with E-state index in [1.807, 2.05) is 66.7 Å². The molecule has 0 aliphatic rings. The number of carbonyl (C=O) groups excluding carboxylic acids is 1. The standard InChI is InChI=1S/C25H29N5O2.HI/c1-26-25(28-16-19-11-13-21(14-12-19)24(31)30(2)3)29-17-22-10-7-15-27-23(22)32-18-20-8-5-4-6-9-20;/h4-15H,16-18H2,1-3H3,(H2,26,28,29);1H. The first kappa shape index (κ1) is 26.1. The van der Waals surface area contributed by atoms with Crippen molar-refractivity contribution in [2.24, 2.45) is 4.99 Å². The maximum absolute atomic E-state index is 12.0. The molecule has 0 spiro atoms. The van der Waals surface area contributed by atoms with Crippen LogP contribution in [0.25, 0.3) is 0 Å². The first-order valence-electron chi connectivity index (χ1n) is 10.4. The molecule has 174 valence electrons. The summed E-state index contributed by atoms with van der Waals surface area (Å²) in [5, 5.41) is 6.58. The number of rotatable bonds is 8. The Morgan fingerprint density at radius 2 is 1.64 bits per heavy atom. The van der Waals surface area contributed by atoms with E-state index in [1.54, 1.807) is 32.2 Å². The second kappa shape index (κ2) is 13.4. The van der Waals surface area contributed by atoms with Gasteiger partial charge in [0.25, 0.3) is 5.91 Å². The highest BCUT2D eigenvalue weighted by atomic mass is 127. The van der Waals surface area contributed by atoms with Gasteiger partial charge in [-0.05, 0) is 29.3 Å². The van der Waals surface area contributed by atoms with Crippen molar-refractivity contribution in [3.05, 3.63) is 95.2 Å². The first-order valence-corrected chi connectivity index (χ1v) is 10.4. The average molecular weight is 559 g/mol. The van der Waals surface area contributed by atoms with Gasteiger partial charge in [0.1, 0.15) is 6.61 Å². The minimum absolute atomic E-state index is 0. The van der Waals surface area contributed by atoms with E-state index < -0.39 is 0 Å². The minimum Gasteiger partial charge on any atom is -0.473 e. The van der Waals surface area contributed by atoms with Crippen LogP contribution in [0.4, 0.5) is 0 Å². The number of benzene rings is 2. The molecule has 33 heavy (non-hydrogen) atoms. The second-order valence-electron chi connectivity index (χ2n) is 7.42. The van der Waals surface area contributed by atoms with Crippen molar-refractivity contribution >= 4 is 35.8 Å². The molecule has 7 nitrogen and oxygen atoms in total. The van der Waals surface area contributed by atoms with Crippen molar-refractivity contribution in [1.29, 1.82) is 0 Å². The normalized spacial score (nSPS) is 10.7. The average Bonchev–Trinajstić information content (AvgIpc) is 2.84. The van der Waals surface area contributed by atoms with Crippen LogP contribution in [-0.2, 0) is 19.7 Å². The molecule has 2 aromatic carbocycles. The van der Waals surface area contributed by atoms with E-state index in [4.69, 9.17) is 4.74 Å². The Morgan fingerprint density at radius 3 is 2.30 bits per heavy atom. The predicted molar refractivity (Wildman–Crippen MR) is 142 cm³/mol. The van der Waals surface area contributed by atoms with E-state index in [0.717, 1.165) is 16.7 Å². The summed E-state index contributed by atoms with van der Waals surface area (Å²) in [4.78, 5) is 22.2. The van der Waals surface area contributed by atoms with E-state index >= 15 is 0 Å². The number of aliphatic imine (C=N–C) groups is 1. The number of hydrogen-bond acceptors (Lipinski definition) is 4. The lowest BCUT2D eigenvalue weighted by Gasteiger charge is -2.15. The molecule has 0 unspecified atom stereocenters. The molecule has 0 bridgehead atoms. The molecule has 0 saturated carbocycles. The molecule has 0 radical (unpaired) electrons. The van der Waals surface area contributed by atoms with Gasteiger partial charge >= 0.3 is 0 Å². The van der Waals surface area contributed by atoms with Crippen LogP contribution in [0.15, 0.2) is 77.9 Å². The van der Waals surface area contributed by atoms with Gasteiger partial charge in [-0.25, -0.2) is 4.98 Å². The zero-order chi connectivity index (χ0) is 22.8. The minimum atomic E-state index is -0.0104. The predicted octanol–water partition coefficient (Wildman–Crippen LogP) is 3.85. The first-order chi connectivity index (χ1) is 15.6. The summed E-state index contributed by atoms with van der Waals surface area (Å²) in [5.41, 5.74) is 3.75. The molecular formula is C25H30IN5O2. The highest BCUT2D eigenvalue weighted by Gasteiger charge is 2.09. The molecule has 0 atom stereocenters. The lowest BCUT2D eigenvalue weighted by molar-refractivity contribution is 0.0827. The number of hydrogen-bond donors (Lipinski definition) is 2. The molecule has 0 fully saturated rings. The third kappa shape index (κ3) is 8.05. The number of nitrogens with one attached hydrogen (secondary N) is 2. The summed E-state index contributed by atoms with van der Waals surface area (Å²) in [6, 6.07) is 21.4. The number of aromatic nitrogens is 1. The summed E-state index contributed by atoms with van der Waals surface area (Å²) in [6.07, 6.45) is 1.72. The van der Waals surface area contributed by atoms with Crippen molar-refractivity contribution in [2.45, 2.75) is 19.7 Å². The molecule has 3 aromatic rings. The molecule has 0 aliphatic carbocycles. The fourth-order valence-corrected chi connectivity index (χ4v) is 3.02. The van der Waals surface area contributed by atoms with E-state index in [2.05, 4.69) is 20.6 Å². The Hall–Kier alpha value is -3.14. The Morgan fingerprint density at radius 1 is 0.939 bits per heavy atom. The van der Waals surface area contributed by atoms with Crippen LogP contribution < -0.4 is 15.4 Å². The maximum atomic E-state index is 12.0. The van der Waals surface area contributed by atoms with Gasteiger partial charge in [-0.1, -0.05) is 48.5 Å². The molecule has 1 aromatic heterocycles. The monoisotopic (exact) mass is 559 g/mol. The zero-order valence-corrected chi connectivity index (χ0v) is 21.4. The summed E-state index contributed by atoms with van der Waals surface area (Å²) < 4.78 is 5.92. The Labute approximate surface area is 212 Å². The highest BCUT2D eigenvalue weighted by molar-refractivity contribution is 14.0. The van der Waals surface area contributed by atoms with E-state index in [1.165, 1.54) is 0 Å². The van der Waals surface area contributed by atoms with Gasteiger partial charge in [0, 0.05) is 51.6 Å². The van der Waals surface area contributed by atoms with Crippen LogP contribution in [0.5, 0.6) is 5.88 Å². The van der Waals surface area contributed by atoms with E-state index in [0.29, 0.717) is 37.1 Å². The van der Waals surface area contributed by atoms with Crippen molar-refractivity contribution in [2.75, 3.05) is 21.1 Å². The Bertz CT molecular complexity index is 1040. The van der Waals surface area contributed by atoms with Gasteiger partial charge in [-0.3, -0.25) is 9.79 Å². The Kier molecular flexibility index (Phi) is 10.6. The Balaban J connectivity index is 0.00000385.